The van der Waals surface area contributed by atoms with Gasteiger partial charge in [0.2, 0.25) is 0 Å². The summed E-state index contributed by atoms with van der Waals surface area (Å²) in [6, 6.07) is 7.25. The van der Waals surface area contributed by atoms with E-state index < -0.39 is 0 Å². The first-order valence-corrected chi connectivity index (χ1v) is 7.72. The van der Waals surface area contributed by atoms with Crippen LogP contribution >= 0.6 is 11.3 Å². The third kappa shape index (κ3) is 2.73. The summed E-state index contributed by atoms with van der Waals surface area (Å²) in [7, 11) is 0. The van der Waals surface area contributed by atoms with E-state index in [1.54, 1.807) is 0 Å². The Hall–Kier alpha value is -0.930. The molecule has 1 N–H and O–H groups in total. The van der Waals surface area contributed by atoms with Crippen molar-refractivity contribution >= 4 is 21.6 Å². The van der Waals surface area contributed by atoms with Gasteiger partial charge in [-0.25, -0.2) is 4.98 Å². The lowest BCUT2D eigenvalue weighted by molar-refractivity contribution is 0.383. The largest absolute Gasteiger partial charge is 0.314 e. The molecule has 0 spiro atoms. The number of fused-ring (bicyclic) bond motifs is 1. The molecule has 18 heavy (non-hydrogen) atoms. The zero-order valence-electron chi connectivity index (χ0n) is 10.9. The van der Waals surface area contributed by atoms with Crippen LogP contribution in [0.5, 0.6) is 0 Å². The Kier molecular flexibility index (Phi) is 3.62. The zero-order valence-corrected chi connectivity index (χ0v) is 11.7. The maximum Gasteiger partial charge on any atom is 0.0939 e. The molecular formula is C15H20N2S. The highest BCUT2D eigenvalue weighted by Crippen LogP contribution is 2.24. The molecule has 0 bridgehead atoms. The van der Waals surface area contributed by atoms with Crippen LogP contribution in [0.3, 0.4) is 0 Å². The van der Waals surface area contributed by atoms with E-state index in [1.165, 1.54) is 47.5 Å². The average Bonchev–Trinajstić information content (AvgIpc) is 2.79. The monoisotopic (exact) mass is 260 g/mol. The number of aryl methyl sites for hydroxylation is 2. The van der Waals surface area contributed by atoms with Crippen LogP contribution < -0.4 is 5.32 Å². The number of thiazole rings is 1. The van der Waals surface area contributed by atoms with Gasteiger partial charge in [0.05, 0.1) is 15.2 Å². The van der Waals surface area contributed by atoms with Crippen molar-refractivity contribution in [1.82, 2.24) is 10.3 Å². The molecule has 96 valence electrons. The molecule has 0 aliphatic carbocycles. The first-order chi connectivity index (χ1) is 8.81. The van der Waals surface area contributed by atoms with E-state index in [0.29, 0.717) is 6.04 Å². The molecule has 1 aliphatic heterocycles. The minimum absolute atomic E-state index is 0.715. The molecule has 2 heterocycles. The van der Waals surface area contributed by atoms with Crippen LogP contribution in [0.4, 0.5) is 0 Å². The fourth-order valence-corrected chi connectivity index (χ4v) is 3.74. The normalized spacial score (nSPS) is 20.4. The zero-order chi connectivity index (χ0) is 12.4. The van der Waals surface area contributed by atoms with Gasteiger partial charge in [-0.2, -0.15) is 0 Å². The average molecular weight is 260 g/mol. The molecule has 1 unspecified atom stereocenters. The van der Waals surface area contributed by atoms with E-state index in [1.807, 2.05) is 11.3 Å². The molecule has 0 saturated carbocycles. The Bertz CT molecular complexity index is 526. The Morgan fingerprint density at radius 2 is 2.33 bits per heavy atom. The summed E-state index contributed by atoms with van der Waals surface area (Å²) in [5.41, 5.74) is 2.49. The quantitative estimate of drug-likeness (QED) is 0.910. The number of piperidine rings is 1. The Morgan fingerprint density at radius 1 is 1.39 bits per heavy atom. The molecule has 1 atom stereocenters. The van der Waals surface area contributed by atoms with Crippen molar-refractivity contribution in [2.75, 3.05) is 6.54 Å². The summed E-state index contributed by atoms with van der Waals surface area (Å²) in [5, 5.41) is 4.90. The van der Waals surface area contributed by atoms with Crippen LogP contribution in [0.1, 0.15) is 36.3 Å². The Balaban J connectivity index is 1.67. The van der Waals surface area contributed by atoms with Crippen molar-refractivity contribution in [3.8, 4) is 0 Å². The molecule has 0 radical (unpaired) electrons. The summed E-state index contributed by atoms with van der Waals surface area (Å²) >= 11 is 1.86. The van der Waals surface area contributed by atoms with E-state index >= 15 is 0 Å². The molecule has 3 rings (SSSR count). The number of nitrogens with one attached hydrogen (secondary N) is 1. The van der Waals surface area contributed by atoms with E-state index in [-0.39, 0.29) is 0 Å². The van der Waals surface area contributed by atoms with Crippen LogP contribution in [0.2, 0.25) is 0 Å². The number of benzene rings is 1. The lowest BCUT2D eigenvalue weighted by Gasteiger charge is -2.22. The fourth-order valence-electron chi connectivity index (χ4n) is 2.65. The van der Waals surface area contributed by atoms with Gasteiger partial charge < -0.3 is 5.32 Å². The second-order valence-corrected chi connectivity index (χ2v) is 6.38. The third-order valence-corrected chi connectivity index (χ3v) is 4.79. The maximum absolute atomic E-state index is 4.73. The summed E-state index contributed by atoms with van der Waals surface area (Å²) < 4.78 is 1.33. The van der Waals surface area contributed by atoms with Gasteiger partial charge in [-0.05, 0) is 50.4 Å². The van der Waals surface area contributed by atoms with Gasteiger partial charge in [0.15, 0.2) is 0 Å². The SMILES string of the molecule is Cc1ccc2nc(CCC3CCCCN3)sc2c1. The van der Waals surface area contributed by atoms with Crippen molar-refractivity contribution in [1.29, 1.82) is 0 Å². The first kappa shape index (κ1) is 12.1. The highest BCUT2D eigenvalue weighted by Gasteiger charge is 2.13. The van der Waals surface area contributed by atoms with Crippen LogP contribution in [-0.4, -0.2) is 17.6 Å². The lowest BCUT2D eigenvalue weighted by Crippen LogP contribution is -2.34. The minimum atomic E-state index is 0.715. The highest BCUT2D eigenvalue weighted by molar-refractivity contribution is 7.18. The second kappa shape index (κ2) is 5.37. The summed E-state index contributed by atoms with van der Waals surface area (Å²) in [6.07, 6.45) is 6.42. The molecule has 1 aromatic carbocycles. The van der Waals surface area contributed by atoms with Gasteiger partial charge in [0, 0.05) is 12.5 Å². The summed E-state index contributed by atoms with van der Waals surface area (Å²) in [6.45, 7) is 3.34. The molecule has 0 amide bonds. The van der Waals surface area contributed by atoms with Gasteiger partial charge >= 0.3 is 0 Å². The van der Waals surface area contributed by atoms with Gasteiger partial charge in [0.1, 0.15) is 0 Å². The van der Waals surface area contributed by atoms with E-state index in [4.69, 9.17) is 4.98 Å². The molecular weight excluding hydrogens is 240 g/mol. The number of hydrogen-bond acceptors (Lipinski definition) is 3. The highest BCUT2D eigenvalue weighted by atomic mass is 32.1. The smallest absolute Gasteiger partial charge is 0.0939 e. The van der Waals surface area contributed by atoms with Crippen molar-refractivity contribution in [2.45, 2.75) is 45.1 Å². The Labute approximate surface area is 112 Å². The van der Waals surface area contributed by atoms with Crippen molar-refractivity contribution in [2.24, 2.45) is 0 Å². The summed E-state index contributed by atoms with van der Waals surface area (Å²) in [4.78, 5) is 4.73. The van der Waals surface area contributed by atoms with Crippen molar-refractivity contribution in [3.05, 3.63) is 28.8 Å². The Morgan fingerprint density at radius 3 is 3.17 bits per heavy atom. The molecule has 2 nitrogen and oxygen atoms in total. The lowest BCUT2D eigenvalue weighted by atomic mass is 10.0. The fraction of sp³-hybridized carbons (Fsp3) is 0.533. The van der Waals surface area contributed by atoms with Crippen LogP contribution in [0.15, 0.2) is 18.2 Å². The van der Waals surface area contributed by atoms with Crippen LogP contribution in [0.25, 0.3) is 10.2 Å². The number of rotatable bonds is 3. The number of nitrogens with zero attached hydrogens (tertiary/aromatic N) is 1. The third-order valence-electron chi connectivity index (χ3n) is 3.71. The van der Waals surface area contributed by atoms with Crippen molar-refractivity contribution < 1.29 is 0 Å². The standard InChI is InChI=1S/C15H20N2S/c1-11-5-7-13-14(10-11)18-15(17-13)8-6-12-4-2-3-9-16-12/h5,7,10,12,16H,2-4,6,8-9H2,1H3. The molecule has 1 aromatic heterocycles. The molecule has 1 aliphatic rings. The predicted octanol–water partition coefficient (Wildman–Crippen LogP) is 3.68. The van der Waals surface area contributed by atoms with E-state index in [0.717, 1.165) is 11.9 Å². The van der Waals surface area contributed by atoms with E-state index in [2.05, 4.69) is 30.4 Å². The van der Waals surface area contributed by atoms with Crippen LogP contribution in [-0.2, 0) is 6.42 Å². The number of hydrogen-bond donors (Lipinski definition) is 1. The maximum atomic E-state index is 4.73. The van der Waals surface area contributed by atoms with Gasteiger partial charge in [0.25, 0.3) is 0 Å². The molecule has 1 saturated heterocycles. The van der Waals surface area contributed by atoms with Gasteiger partial charge in [-0.15, -0.1) is 11.3 Å². The van der Waals surface area contributed by atoms with Crippen LogP contribution in [0, 0.1) is 6.92 Å². The topological polar surface area (TPSA) is 24.9 Å². The molecule has 2 aromatic rings. The molecule has 3 heteroatoms. The second-order valence-electron chi connectivity index (χ2n) is 5.26. The number of aromatic nitrogens is 1. The predicted molar refractivity (Wildman–Crippen MR) is 78.3 cm³/mol. The van der Waals surface area contributed by atoms with Gasteiger partial charge in [-0.3, -0.25) is 0 Å². The van der Waals surface area contributed by atoms with E-state index in [9.17, 15) is 0 Å². The summed E-state index contributed by atoms with van der Waals surface area (Å²) in [5.74, 6) is 0. The van der Waals surface area contributed by atoms with Gasteiger partial charge in [-0.1, -0.05) is 12.5 Å². The van der Waals surface area contributed by atoms with Crippen molar-refractivity contribution in [3.63, 3.8) is 0 Å². The minimum Gasteiger partial charge on any atom is -0.314 e. The molecule has 1 fully saturated rings. The first-order valence-electron chi connectivity index (χ1n) is 6.91.